The van der Waals surface area contributed by atoms with E-state index in [1.807, 2.05) is 37.3 Å². The molecule has 1 fully saturated rings. The lowest BCUT2D eigenvalue weighted by Crippen LogP contribution is -2.41. The highest BCUT2D eigenvalue weighted by atomic mass is 16.2. The largest absolute Gasteiger partial charge is 0.343 e. The number of amides is 1. The van der Waals surface area contributed by atoms with E-state index in [-0.39, 0.29) is 35.6 Å². The third-order valence-electron chi connectivity index (χ3n) is 5.80. The lowest BCUT2D eigenvalue weighted by atomic mass is 9.83. The molecule has 0 spiro atoms. The smallest absolute Gasteiger partial charge is 0.248 e. The molecule has 3 rings (SSSR count). The van der Waals surface area contributed by atoms with E-state index >= 15 is 0 Å². The Morgan fingerprint density at radius 1 is 1.14 bits per heavy atom. The van der Waals surface area contributed by atoms with Gasteiger partial charge in [0.15, 0.2) is 11.6 Å². The van der Waals surface area contributed by atoms with E-state index in [2.05, 4.69) is 5.32 Å². The van der Waals surface area contributed by atoms with Crippen molar-refractivity contribution in [1.29, 1.82) is 0 Å². The molecule has 2 aliphatic carbocycles. The quantitative estimate of drug-likeness (QED) is 0.699. The van der Waals surface area contributed by atoms with Crippen molar-refractivity contribution in [3.05, 3.63) is 59.7 Å². The summed E-state index contributed by atoms with van der Waals surface area (Å²) in [5.41, 5.74) is 1.06. The highest BCUT2D eigenvalue weighted by Gasteiger charge is 2.47. The Morgan fingerprint density at radius 2 is 1.83 bits per heavy atom. The first kappa shape index (κ1) is 20.9. The van der Waals surface area contributed by atoms with Gasteiger partial charge in [0.05, 0.1) is 6.04 Å². The van der Waals surface area contributed by atoms with Gasteiger partial charge in [0, 0.05) is 29.7 Å². The number of nitrogens with one attached hydrogen (secondary N) is 1. The maximum atomic E-state index is 13.0. The summed E-state index contributed by atoms with van der Waals surface area (Å²) in [6, 6.07) is 8.98. The fourth-order valence-corrected chi connectivity index (χ4v) is 3.61. The van der Waals surface area contributed by atoms with Crippen molar-refractivity contribution >= 4 is 23.3 Å². The molecule has 0 aromatic heterocycles. The van der Waals surface area contributed by atoms with Gasteiger partial charge in [-0.3, -0.25) is 19.2 Å². The number of benzene rings is 1. The highest BCUT2D eigenvalue weighted by Crippen LogP contribution is 2.48. The lowest BCUT2D eigenvalue weighted by Gasteiger charge is -2.21. The second-order valence-corrected chi connectivity index (χ2v) is 8.37. The van der Waals surface area contributed by atoms with Crippen LogP contribution in [0.25, 0.3) is 0 Å². The van der Waals surface area contributed by atoms with E-state index in [9.17, 15) is 19.2 Å². The molecular weight excluding hydrogens is 366 g/mol. The molecule has 1 aromatic rings. The van der Waals surface area contributed by atoms with Crippen LogP contribution in [-0.2, 0) is 25.6 Å². The number of hydrogen-bond acceptors (Lipinski definition) is 4. The Hall–Kier alpha value is -2.82. The summed E-state index contributed by atoms with van der Waals surface area (Å²) in [5, 5.41) is 2.68. The number of hydrogen-bond donors (Lipinski definition) is 1. The van der Waals surface area contributed by atoms with Gasteiger partial charge in [-0.05, 0) is 37.8 Å². The topological polar surface area (TPSA) is 80.3 Å². The van der Waals surface area contributed by atoms with Gasteiger partial charge in [-0.25, -0.2) is 0 Å². The first-order valence-corrected chi connectivity index (χ1v) is 10.1. The Morgan fingerprint density at radius 3 is 2.45 bits per heavy atom. The van der Waals surface area contributed by atoms with Gasteiger partial charge in [0.1, 0.15) is 5.78 Å². The number of carbonyl (C=O) groups is 4. The van der Waals surface area contributed by atoms with Gasteiger partial charge in [0.25, 0.3) is 0 Å². The monoisotopic (exact) mass is 393 g/mol. The van der Waals surface area contributed by atoms with Gasteiger partial charge >= 0.3 is 0 Å². The molecule has 5 heteroatoms. The minimum atomic E-state index is -0.720. The average Bonchev–Trinajstić information content (AvgIpc) is 3.46. The minimum absolute atomic E-state index is 0.0384. The van der Waals surface area contributed by atoms with E-state index in [0.29, 0.717) is 12.0 Å². The van der Waals surface area contributed by atoms with Crippen molar-refractivity contribution in [2.75, 3.05) is 0 Å². The van der Waals surface area contributed by atoms with Crippen LogP contribution in [0.4, 0.5) is 0 Å². The number of allylic oxidation sites excluding steroid dienone is 3. The normalized spacial score (nSPS) is 19.1. The number of ketones is 3. The molecule has 2 atom stereocenters. The molecule has 0 saturated heterocycles. The Bertz CT molecular complexity index is 877. The number of carbonyl (C=O) groups excluding carboxylic acids is 4. The van der Waals surface area contributed by atoms with Crippen LogP contribution in [-0.4, -0.2) is 29.3 Å². The minimum Gasteiger partial charge on any atom is -0.343 e. The third kappa shape index (κ3) is 5.37. The summed E-state index contributed by atoms with van der Waals surface area (Å²) < 4.78 is 0. The molecule has 0 heterocycles. The summed E-state index contributed by atoms with van der Waals surface area (Å²) in [4.78, 5) is 49.6. The lowest BCUT2D eigenvalue weighted by molar-refractivity contribution is -0.132. The first-order valence-electron chi connectivity index (χ1n) is 10.1. The van der Waals surface area contributed by atoms with Gasteiger partial charge in [-0.1, -0.05) is 49.4 Å². The van der Waals surface area contributed by atoms with Crippen molar-refractivity contribution in [2.45, 2.75) is 52.0 Å². The molecule has 5 nitrogen and oxygen atoms in total. The van der Waals surface area contributed by atoms with Gasteiger partial charge < -0.3 is 5.32 Å². The number of Topliss-reactive ketones (excluding diaryl/α,β-unsaturated/α-hetero) is 2. The molecule has 1 amide bonds. The van der Waals surface area contributed by atoms with Crippen LogP contribution in [0.5, 0.6) is 0 Å². The van der Waals surface area contributed by atoms with Crippen LogP contribution < -0.4 is 5.32 Å². The van der Waals surface area contributed by atoms with Gasteiger partial charge in [-0.2, -0.15) is 0 Å². The number of rotatable bonds is 9. The van der Waals surface area contributed by atoms with Gasteiger partial charge in [-0.15, -0.1) is 0 Å². The molecule has 29 heavy (non-hydrogen) atoms. The van der Waals surface area contributed by atoms with Crippen molar-refractivity contribution in [3.63, 3.8) is 0 Å². The van der Waals surface area contributed by atoms with E-state index < -0.39 is 17.9 Å². The Labute approximate surface area is 171 Å². The van der Waals surface area contributed by atoms with Crippen LogP contribution in [0.3, 0.4) is 0 Å². The van der Waals surface area contributed by atoms with E-state index in [4.69, 9.17) is 0 Å². The zero-order valence-corrected chi connectivity index (χ0v) is 16.9. The second-order valence-electron chi connectivity index (χ2n) is 8.37. The summed E-state index contributed by atoms with van der Waals surface area (Å²) in [5.74, 6) is -0.976. The maximum absolute atomic E-state index is 13.0. The standard InChI is InChI=1S/C24H27NO4/c1-16(25-23(29)18-9-6-10-20(26)14-18)21(27)15-19(22(28)24(2)11-12-24)13-17-7-4-3-5-8-17/h3-10,16,19H,11-15H2,1-2H3,(H,25,29). The van der Waals surface area contributed by atoms with Crippen LogP contribution in [0.1, 0.15) is 45.1 Å². The van der Waals surface area contributed by atoms with E-state index in [1.54, 1.807) is 13.0 Å². The first-order chi connectivity index (χ1) is 13.8. The molecule has 0 bridgehead atoms. The molecule has 152 valence electrons. The summed E-state index contributed by atoms with van der Waals surface area (Å²) >= 11 is 0. The predicted octanol–water partition coefficient (Wildman–Crippen LogP) is 3.13. The zero-order chi connectivity index (χ0) is 21.0. The van der Waals surface area contributed by atoms with Gasteiger partial charge in [0.2, 0.25) is 5.91 Å². The van der Waals surface area contributed by atoms with Crippen LogP contribution >= 0.6 is 0 Å². The van der Waals surface area contributed by atoms with Crippen molar-refractivity contribution < 1.29 is 19.2 Å². The molecule has 2 aliphatic rings. The predicted molar refractivity (Wildman–Crippen MR) is 110 cm³/mol. The Kier molecular flexibility index (Phi) is 6.26. The summed E-state index contributed by atoms with van der Waals surface area (Å²) in [6.45, 7) is 3.59. The average molecular weight is 393 g/mol. The summed E-state index contributed by atoms with van der Waals surface area (Å²) in [6.07, 6.45) is 6.94. The molecule has 1 saturated carbocycles. The molecule has 0 aliphatic heterocycles. The second kappa shape index (κ2) is 8.68. The van der Waals surface area contributed by atoms with Crippen molar-refractivity contribution in [3.8, 4) is 0 Å². The van der Waals surface area contributed by atoms with Crippen LogP contribution in [0, 0.1) is 11.3 Å². The van der Waals surface area contributed by atoms with Crippen LogP contribution in [0.2, 0.25) is 0 Å². The Balaban J connectivity index is 1.64. The molecule has 0 radical (unpaired) electrons. The van der Waals surface area contributed by atoms with Crippen molar-refractivity contribution in [2.24, 2.45) is 11.3 Å². The molecular formula is C24H27NO4. The molecule has 2 unspecified atom stereocenters. The van der Waals surface area contributed by atoms with Crippen molar-refractivity contribution in [1.82, 2.24) is 5.32 Å². The summed E-state index contributed by atoms with van der Waals surface area (Å²) in [7, 11) is 0. The third-order valence-corrected chi connectivity index (χ3v) is 5.80. The molecule has 1 aromatic carbocycles. The fraction of sp³-hybridized carbons (Fsp3) is 0.417. The maximum Gasteiger partial charge on any atom is 0.248 e. The zero-order valence-electron chi connectivity index (χ0n) is 16.9. The fourth-order valence-electron chi connectivity index (χ4n) is 3.61. The van der Waals surface area contributed by atoms with E-state index in [0.717, 1.165) is 18.4 Å². The SMILES string of the molecule is CC(NC(=O)C1=CC=CC(=O)C1)C(=O)CC(Cc1ccccc1)C(=O)C1(C)CC1. The van der Waals surface area contributed by atoms with E-state index in [1.165, 1.54) is 12.2 Å². The highest BCUT2D eigenvalue weighted by molar-refractivity contribution is 6.05. The molecule has 1 N–H and O–H groups in total. The van der Waals surface area contributed by atoms with Crippen LogP contribution in [0.15, 0.2) is 54.1 Å².